The van der Waals surface area contributed by atoms with Crippen LogP contribution in [0.25, 0.3) is 11.0 Å². The van der Waals surface area contributed by atoms with E-state index in [-0.39, 0.29) is 0 Å². The molecule has 2 aromatic rings. The summed E-state index contributed by atoms with van der Waals surface area (Å²) in [5.41, 5.74) is 1.33. The Bertz CT molecular complexity index is 455. The van der Waals surface area contributed by atoms with E-state index in [1.807, 2.05) is 0 Å². The molecule has 0 saturated heterocycles. The number of ether oxygens (including phenoxy) is 1. The molecular formula is C7H4Br2N2O2. The summed E-state index contributed by atoms with van der Waals surface area (Å²) in [6.45, 7) is 0. The second-order valence-electron chi connectivity index (χ2n) is 2.34. The summed E-state index contributed by atoms with van der Waals surface area (Å²) in [7, 11) is 1.59. The molecule has 0 saturated carbocycles. The van der Waals surface area contributed by atoms with E-state index in [0.29, 0.717) is 16.8 Å². The molecule has 2 rings (SSSR count). The molecule has 0 aliphatic heterocycles. The zero-order chi connectivity index (χ0) is 9.42. The van der Waals surface area contributed by atoms with Gasteiger partial charge in [-0.15, -0.1) is 0 Å². The highest BCUT2D eigenvalue weighted by atomic mass is 79.9. The molecule has 6 heteroatoms. The smallest absolute Gasteiger partial charge is 0.150 e. The largest absolute Gasteiger partial charge is 0.495 e. The molecular weight excluding hydrogens is 304 g/mol. The van der Waals surface area contributed by atoms with Gasteiger partial charge in [0.25, 0.3) is 0 Å². The molecule has 1 aromatic heterocycles. The van der Waals surface area contributed by atoms with Crippen molar-refractivity contribution < 1.29 is 9.37 Å². The summed E-state index contributed by atoms with van der Waals surface area (Å²) in [5.74, 6) is 0.690. The molecule has 0 atom stereocenters. The summed E-state index contributed by atoms with van der Waals surface area (Å²) >= 11 is 6.73. The fourth-order valence-corrected chi connectivity index (χ4v) is 1.93. The molecule has 68 valence electrons. The van der Waals surface area contributed by atoms with Crippen LogP contribution in [0.3, 0.4) is 0 Å². The minimum Gasteiger partial charge on any atom is -0.495 e. The van der Waals surface area contributed by atoms with E-state index in [1.54, 1.807) is 13.2 Å². The van der Waals surface area contributed by atoms with Crippen LogP contribution in [0.2, 0.25) is 0 Å². The highest BCUT2D eigenvalue weighted by Crippen LogP contribution is 2.37. The number of benzene rings is 1. The van der Waals surface area contributed by atoms with E-state index in [4.69, 9.17) is 4.74 Å². The Labute approximate surface area is 90.5 Å². The van der Waals surface area contributed by atoms with Gasteiger partial charge in [-0.1, -0.05) is 0 Å². The van der Waals surface area contributed by atoms with Crippen LogP contribution in [0.5, 0.6) is 5.75 Å². The molecule has 0 unspecified atom stereocenters. The maximum atomic E-state index is 5.12. The molecule has 0 spiro atoms. The summed E-state index contributed by atoms with van der Waals surface area (Å²) in [4.78, 5) is 0. The predicted molar refractivity (Wildman–Crippen MR) is 53.8 cm³/mol. The lowest BCUT2D eigenvalue weighted by molar-refractivity contribution is 0.315. The highest BCUT2D eigenvalue weighted by Gasteiger charge is 2.13. The van der Waals surface area contributed by atoms with Crippen molar-refractivity contribution in [3.05, 3.63) is 15.0 Å². The number of aromatic nitrogens is 2. The fourth-order valence-electron chi connectivity index (χ4n) is 0.991. The van der Waals surface area contributed by atoms with Gasteiger partial charge in [0.15, 0.2) is 5.52 Å². The second-order valence-corrected chi connectivity index (χ2v) is 3.92. The van der Waals surface area contributed by atoms with E-state index in [1.165, 1.54) is 0 Å². The van der Waals surface area contributed by atoms with Crippen molar-refractivity contribution in [3.63, 3.8) is 0 Å². The highest BCUT2D eigenvalue weighted by molar-refractivity contribution is 9.13. The third kappa shape index (κ3) is 1.34. The minimum atomic E-state index is 0.659. The number of hydrogen-bond acceptors (Lipinski definition) is 4. The van der Waals surface area contributed by atoms with Crippen molar-refractivity contribution in [2.75, 3.05) is 7.11 Å². The van der Waals surface area contributed by atoms with Crippen LogP contribution < -0.4 is 4.74 Å². The predicted octanol–water partition coefficient (Wildman–Crippen LogP) is 2.76. The Balaban J connectivity index is 2.83. The maximum Gasteiger partial charge on any atom is 0.150 e. The van der Waals surface area contributed by atoms with Crippen molar-refractivity contribution in [1.29, 1.82) is 0 Å². The first-order valence-electron chi connectivity index (χ1n) is 3.38. The number of rotatable bonds is 1. The van der Waals surface area contributed by atoms with Crippen molar-refractivity contribution in [3.8, 4) is 5.75 Å². The molecule has 0 bridgehead atoms. The standard InChI is InChI=1S/C7H4Br2N2O2/c1-12-4-2-3-7(11-13-10-3)6(9)5(4)8/h2H,1H3. The lowest BCUT2D eigenvalue weighted by Crippen LogP contribution is -1.86. The monoisotopic (exact) mass is 306 g/mol. The Morgan fingerprint density at radius 2 is 2.08 bits per heavy atom. The van der Waals surface area contributed by atoms with E-state index in [2.05, 4.69) is 46.8 Å². The summed E-state index contributed by atoms with van der Waals surface area (Å²) in [6, 6.07) is 1.75. The topological polar surface area (TPSA) is 48.2 Å². The first-order valence-corrected chi connectivity index (χ1v) is 4.97. The van der Waals surface area contributed by atoms with Gasteiger partial charge in [0.05, 0.1) is 16.1 Å². The molecule has 0 aliphatic rings. The van der Waals surface area contributed by atoms with Gasteiger partial charge in [-0.25, -0.2) is 4.63 Å². The van der Waals surface area contributed by atoms with Gasteiger partial charge in [0, 0.05) is 6.07 Å². The van der Waals surface area contributed by atoms with Crippen molar-refractivity contribution in [1.82, 2.24) is 10.3 Å². The number of halogens is 2. The summed E-state index contributed by atoms with van der Waals surface area (Å²) in [5, 5.41) is 7.45. The van der Waals surface area contributed by atoms with Gasteiger partial charge >= 0.3 is 0 Å². The minimum absolute atomic E-state index is 0.659. The zero-order valence-corrected chi connectivity index (χ0v) is 9.72. The Morgan fingerprint density at radius 1 is 1.31 bits per heavy atom. The van der Waals surface area contributed by atoms with E-state index >= 15 is 0 Å². The first-order chi connectivity index (χ1) is 6.24. The molecule has 0 radical (unpaired) electrons. The average Bonchev–Trinajstić information content (AvgIpc) is 2.59. The molecule has 0 fully saturated rings. The van der Waals surface area contributed by atoms with Crippen LogP contribution >= 0.6 is 31.9 Å². The number of fused-ring (bicyclic) bond motifs is 1. The third-order valence-corrected chi connectivity index (χ3v) is 3.71. The number of hydrogen-bond donors (Lipinski definition) is 0. The van der Waals surface area contributed by atoms with Crippen LogP contribution in [0.15, 0.2) is 19.6 Å². The van der Waals surface area contributed by atoms with Gasteiger partial charge < -0.3 is 4.74 Å². The Morgan fingerprint density at radius 3 is 2.77 bits per heavy atom. The van der Waals surface area contributed by atoms with Crippen LogP contribution in [-0.2, 0) is 0 Å². The molecule has 13 heavy (non-hydrogen) atoms. The van der Waals surface area contributed by atoms with Gasteiger partial charge in [-0.05, 0) is 42.2 Å². The van der Waals surface area contributed by atoms with Crippen molar-refractivity contribution in [2.45, 2.75) is 0 Å². The van der Waals surface area contributed by atoms with Crippen LogP contribution in [0.1, 0.15) is 0 Å². The van der Waals surface area contributed by atoms with E-state index in [9.17, 15) is 0 Å². The van der Waals surface area contributed by atoms with Gasteiger partial charge in [0.2, 0.25) is 0 Å². The van der Waals surface area contributed by atoms with Gasteiger partial charge in [0.1, 0.15) is 11.3 Å². The second kappa shape index (κ2) is 3.26. The molecule has 0 amide bonds. The maximum absolute atomic E-state index is 5.12. The molecule has 1 heterocycles. The fraction of sp³-hybridized carbons (Fsp3) is 0.143. The van der Waals surface area contributed by atoms with Crippen LogP contribution in [0.4, 0.5) is 0 Å². The average molecular weight is 308 g/mol. The van der Waals surface area contributed by atoms with E-state index < -0.39 is 0 Å². The van der Waals surface area contributed by atoms with Crippen LogP contribution in [-0.4, -0.2) is 17.4 Å². The van der Waals surface area contributed by atoms with Gasteiger partial charge in [-0.2, -0.15) is 0 Å². The Hall–Kier alpha value is -0.620. The van der Waals surface area contributed by atoms with Crippen LogP contribution in [0, 0.1) is 0 Å². The van der Waals surface area contributed by atoms with Crippen molar-refractivity contribution in [2.24, 2.45) is 0 Å². The third-order valence-electron chi connectivity index (χ3n) is 1.62. The number of methoxy groups -OCH3 is 1. The number of nitrogens with zero attached hydrogens (tertiary/aromatic N) is 2. The Kier molecular flexibility index (Phi) is 2.25. The quantitative estimate of drug-likeness (QED) is 0.813. The van der Waals surface area contributed by atoms with Crippen molar-refractivity contribution >= 4 is 42.9 Å². The first kappa shape index (κ1) is 8.96. The lowest BCUT2D eigenvalue weighted by Gasteiger charge is -2.03. The summed E-state index contributed by atoms with van der Waals surface area (Å²) < 4.78 is 11.3. The zero-order valence-electron chi connectivity index (χ0n) is 6.54. The molecule has 1 aromatic carbocycles. The SMILES string of the molecule is COc1cc2nonc2c(Br)c1Br. The summed E-state index contributed by atoms with van der Waals surface area (Å²) in [6.07, 6.45) is 0. The normalized spacial score (nSPS) is 10.7. The molecule has 0 N–H and O–H groups in total. The van der Waals surface area contributed by atoms with Gasteiger partial charge in [-0.3, -0.25) is 0 Å². The molecule has 0 aliphatic carbocycles. The molecule has 4 nitrogen and oxygen atoms in total. The lowest BCUT2D eigenvalue weighted by atomic mass is 10.3. The van der Waals surface area contributed by atoms with E-state index in [0.717, 1.165) is 8.95 Å².